The predicted octanol–water partition coefficient (Wildman–Crippen LogP) is 4.05. The Morgan fingerprint density at radius 3 is 2.85 bits per heavy atom. The number of hydrogen-bond acceptors (Lipinski definition) is 3. The van der Waals surface area contributed by atoms with Crippen molar-refractivity contribution in [3.63, 3.8) is 0 Å². The summed E-state index contributed by atoms with van der Waals surface area (Å²) < 4.78 is 15.9. The van der Waals surface area contributed by atoms with Crippen molar-refractivity contribution in [2.75, 3.05) is 0 Å². The number of hydrogen-bond donors (Lipinski definition) is 0. The average Bonchev–Trinajstić information content (AvgIpc) is 3.39. The smallest absolute Gasteiger partial charge is 0.254 e. The van der Waals surface area contributed by atoms with E-state index in [1.165, 1.54) is 6.07 Å². The molecule has 3 aromatic rings. The Morgan fingerprint density at radius 1 is 1.35 bits per heavy atom. The fourth-order valence-electron chi connectivity index (χ4n) is 3.11. The van der Waals surface area contributed by atoms with E-state index in [1.54, 1.807) is 33.8 Å². The lowest BCUT2D eigenvalue weighted by Gasteiger charge is -2.23. The van der Waals surface area contributed by atoms with Gasteiger partial charge in [0.1, 0.15) is 11.3 Å². The Labute approximate surface area is 155 Å². The third-order valence-electron chi connectivity index (χ3n) is 4.70. The van der Waals surface area contributed by atoms with E-state index < -0.39 is 5.82 Å². The summed E-state index contributed by atoms with van der Waals surface area (Å²) in [6, 6.07) is 10.1. The van der Waals surface area contributed by atoms with Crippen molar-refractivity contribution in [1.82, 2.24) is 19.9 Å². The number of aryl methyl sites for hydroxylation is 1. The van der Waals surface area contributed by atoms with Crippen molar-refractivity contribution in [2.45, 2.75) is 38.9 Å². The molecular formula is C19H18ClFN4O. The van der Waals surface area contributed by atoms with Crippen LogP contribution < -0.4 is 0 Å². The molecule has 0 aliphatic heterocycles. The minimum atomic E-state index is -0.391. The minimum Gasteiger partial charge on any atom is -0.331 e. The molecule has 1 amide bonds. The van der Waals surface area contributed by atoms with Crippen LogP contribution in [0.4, 0.5) is 4.39 Å². The van der Waals surface area contributed by atoms with E-state index in [2.05, 4.69) is 10.3 Å². The van der Waals surface area contributed by atoms with Crippen LogP contribution in [0.3, 0.4) is 0 Å². The maximum atomic E-state index is 14.2. The highest BCUT2D eigenvalue weighted by atomic mass is 35.5. The predicted molar refractivity (Wildman–Crippen MR) is 97.5 cm³/mol. The lowest BCUT2D eigenvalue weighted by molar-refractivity contribution is 0.0728. The van der Waals surface area contributed by atoms with Gasteiger partial charge >= 0.3 is 0 Å². The number of aromatic nitrogens is 3. The van der Waals surface area contributed by atoms with Gasteiger partial charge in [0.15, 0.2) is 0 Å². The first kappa shape index (κ1) is 17.0. The van der Waals surface area contributed by atoms with Gasteiger partial charge in [-0.1, -0.05) is 22.9 Å². The van der Waals surface area contributed by atoms with Crippen LogP contribution in [0.5, 0.6) is 0 Å². The second-order valence-corrected chi connectivity index (χ2v) is 6.88. The van der Waals surface area contributed by atoms with Gasteiger partial charge in [0.05, 0.1) is 12.1 Å². The highest BCUT2D eigenvalue weighted by molar-refractivity contribution is 6.31. The van der Waals surface area contributed by atoms with Crippen molar-refractivity contribution >= 4 is 28.5 Å². The minimum absolute atomic E-state index is 0.125. The first-order valence-corrected chi connectivity index (χ1v) is 9.03. The molecule has 1 aromatic heterocycles. The van der Waals surface area contributed by atoms with Crippen LogP contribution in [-0.4, -0.2) is 31.8 Å². The molecule has 1 saturated carbocycles. The van der Waals surface area contributed by atoms with E-state index in [1.807, 2.05) is 13.0 Å². The first-order chi connectivity index (χ1) is 12.6. The molecule has 1 aliphatic carbocycles. The van der Waals surface area contributed by atoms with Crippen LogP contribution in [0.2, 0.25) is 5.02 Å². The summed E-state index contributed by atoms with van der Waals surface area (Å²) in [7, 11) is 0. The van der Waals surface area contributed by atoms with Gasteiger partial charge in [-0.15, -0.1) is 5.10 Å². The highest BCUT2D eigenvalue weighted by Gasteiger charge is 2.34. The quantitative estimate of drug-likeness (QED) is 0.679. The van der Waals surface area contributed by atoms with Crippen molar-refractivity contribution in [3.05, 3.63) is 58.4 Å². The van der Waals surface area contributed by atoms with Crippen LogP contribution in [-0.2, 0) is 13.1 Å². The average molecular weight is 373 g/mol. The second-order valence-electron chi connectivity index (χ2n) is 6.47. The van der Waals surface area contributed by atoms with E-state index >= 15 is 0 Å². The van der Waals surface area contributed by atoms with Crippen LogP contribution in [0, 0.1) is 5.82 Å². The topological polar surface area (TPSA) is 51.0 Å². The van der Waals surface area contributed by atoms with Crippen molar-refractivity contribution in [2.24, 2.45) is 0 Å². The van der Waals surface area contributed by atoms with Gasteiger partial charge in [0.2, 0.25) is 0 Å². The molecule has 0 unspecified atom stereocenters. The van der Waals surface area contributed by atoms with E-state index in [0.29, 0.717) is 28.2 Å². The standard InChI is InChI=1S/C19H18ClFN4O/c1-2-25-18-9-6-12(10-17(18)22-23-25)19(26)24(13-7-8-13)11-14-15(20)4-3-5-16(14)21/h3-6,9-10,13H,2,7-8,11H2,1H3. The lowest BCUT2D eigenvalue weighted by atomic mass is 10.1. The van der Waals surface area contributed by atoms with Crippen molar-refractivity contribution in [3.8, 4) is 0 Å². The molecule has 0 saturated heterocycles. The zero-order chi connectivity index (χ0) is 18.3. The second kappa shape index (κ2) is 6.68. The van der Waals surface area contributed by atoms with E-state index in [0.717, 1.165) is 18.4 Å². The molecule has 134 valence electrons. The fourth-order valence-corrected chi connectivity index (χ4v) is 3.33. The molecule has 0 spiro atoms. The van der Waals surface area contributed by atoms with Gasteiger partial charge < -0.3 is 4.90 Å². The summed E-state index contributed by atoms with van der Waals surface area (Å²) in [5, 5.41) is 8.54. The number of nitrogens with zero attached hydrogens (tertiary/aromatic N) is 4. The molecule has 1 fully saturated rings. The third kappa shape index (κ3) is 3.05. The van der Waals surface area contributed by atoms with Gasteiger partial charge in [-0.25, -0.2) is 9.07 Å². The van der Waals surface area contributed by atoms with Crippen molar-refractivity contribution in [1.29, 1.82) is 0 Å². The zero-order valence-electron chi connectivity index (χ0n) is 14.3. The molecule has 1 aliphatic rings. The fraction of sp³-hybridized carbons (Fsp3) is 0.316. The SMILES string of the molecule is CCn1nnc2cc(C(=O)N(Cc3c(F)cccc3Cl)C3CC3)ccc21. The summed E-state index contributed by atoms with van der Waals surface area (Å²) in [6.45, 7) is 2.86. The van der Waals surface area contributed by atoms with Crippen LogP contribution in [0.1, 0.15) is 35.7 Å². The Morgan fingerprint density at radius 2 is 2.15 bits per heavy atom. The molecule has 0 N–H and O–H groups in total. The van der Waals surface area contributed by atoms with Crippen LogP contribution in [0.25, 0.3) is 11.0 Å². The molecule has 5 nitrogen and oxygen atoms in total. The molecule has 1 heterocycles. The summed E-state index contributed by atoms with van der Waals surface area (Å²) in [6.07, 6.45) is 1.85. The molecule has 7 heteroatoms. The molecule has 0 atom stereocenters. The molecular weight excluding hydrogens is 355 g/mol. The van der Waals surface area contributed by atoms with Gasteiger partial charge in [-0.2, -0.15) is 0 Å². The van der Waals surface area contributed by atoms with E-state index in [-0.39, 0.29) is 18.5 Å². The zero-order valence-corrected chi connectivity index (χ0v) is 15.1. The van der Waals surface area contributed by atoms with Crippen LogP contribution >= 0.6 is 11.6 Å². The largest absolute Gasteiger partial charge is 0.331 e. The van der Waals surface area contributed by atoms with Crippen molar-refractivity contribution < 1.29 is 9.18 Å². The maximum Gasteiger partial charge on any atom is 0.254 e. The number of halogens is 2. The number of amides is 1. The molecule has 2 aromatic carbocycles. The first-order valence-electron chi connectivity index (χ1n) is 8.65. The molecule has 4 rings (SSSR count). The number of carbonyl (C=O) groups excluding carboxylic acids is 1. The monoisotopic (exact) mass is 372 g/mol. The van der Waals surface area contributed by atoms with Gasteiger partial charge in [-0.05, 0) is 50.1 Å². The molecule has 26 heavy (non-hydrogen) atoms. The molecule has 0 radical (unpaired) electrons. The highest BCUT2D eigenvalue weighted by Crippen LogP contribution is 2.32. The molecule has 0 bridgehead atoms. The van der Waals surface area contributed by atoms with Gasteiger partial charge in [0, 0.05) is 28.7 Å². The summed E-state index contributed by atoms with van der Waals surface area (Å²) >= 11 is 6.15. The number of rotatable bonds is 5. The summed E-state index contributed by atoms with van der Waals surface area (Å²) in [4.78, 5) is 14.8. The Hall–Kier alpha value is -2.47. The lowest BCUT2D eigenvalue weighted by Crippen LogP contribution is -2.33. The number of benzene rings is 2. The van der Waals surface area contributed by atoms with Gasteiger partial charge in [0.25, 0.3) is 5.91 Å². The third-order valence-corrected chi connectivity index (χ3v) is 5.05. The van der Waals surface area contributed by atoms with Crippen LogP contribution in [0.15, 0.2) is 36.4 Å². The Balaban J connectivity index is 1.66. The Kier molecular flexibility index (Phi) is 4.36. The normalized spacial score (nSPS) is 14.0. The van der Waals surface area contributed by atoms with E-state index in [9.17, 15) is 9.18 Å². The van der Waals surface area contributed by atoms with E-state index in [4.69, 9.17) is 11.6 Å². The summed E-state index contributed by atoms with van der Waals surface area (Å²) in [5.41, 5.74) is 2.45. The summed E-state index contributed by atoms with van der Waals surface area (Å²) in [5.74, 6) is -0.531. The number of fused-ring (bicyclic) bond motifs is 1. The maximum absolute atomic E-state index is 14.2. The Bertz CT molecular complexity index is 963. The van der Waals surface area contributed by atoms with Gasteiger partial charge in [-0.3, -0.25) is 4.79 Å². The number of carbonyl (C=O) groups is 1.